The van der Waals surface area contributed by atoms with Gasteiger partial charge in [0.05, 0.1) is 27.8 Å². The predicted octanol–water partition coefficient (Wildman–Crippen LogP) is 14.4. The highest BCUT2D eigenvalue weighted by Gasteiger charge is 2.18. The molecule has 2 aromatic heterocycles. The lowest BCUT2D eigenvalue weighted by atomic mass is 9.87. The molecule has 2 N–H and O–H groups in total. The summed E-state index contributed by atoms with van der Waals surface area (Å²) in [6.45, 7) is 8.79. The zero-order valence-electron chi connectivity index (χ0n) is 34.7. The summed E-state index contributed by atoms with van der Waals surface area (Å²) >= 11 is 0. The maximum absolute atomic E-state index is 5.43. The third kappa shape index (κ3) is 8.14. The summed E-state index contributed by atoms with van der Waals surface area (Å²) < 4.78 is 4.76. The van der Waals surface area contributed by atoms with E-state index in [2.05, 4.69) is 163 Å². The van der Waals surface area contributed by atoms with E-state index in [9.17, 15) is 0 Å². The standard InChI is InChI=1S/C56H50N4/c1-5-6-7-12-19-38-58-51(22-13-10-8-9-11-18-37-57)41-25-31-45(32-26-41)59-52-23-16-14-20-47(52)49-39-42(27-35-54(49)59)43-28-36-55-50(40-43)48-21-15-17-24-53(48)60(55)46-33-29-44(30-34-46)56(2,3)4/h5-40H,57H2,1-4H3/b6-5+,10-8+,11-9-,12-7-,22-13+,37-18-,38-19-,58-51-. The molecular weight excluding hydrogens is 729 g/mol. The summed E-state index contributed by atoms with van der Waals surface area (Å²) in [5.41, 5.74) is 18.1. The van der Waals surface area contributed by atoms with Crippen LogP contribution in [-0.4, -0.2) is 14.8 Å². The van der Waals surface area contributed by atoms with Crippen molar-refractivity contribution in [3.63, 3.8) is 0 Å². The topological polar surface area (TPSA) is 48.2 Å². The minimum atomic E-state index is 0.102. The monoisotopic (exact) mass is 778 g/mol. The van der Waals surface area contributed by atoms with Gasteiger partial charge in [-0.15, -0.1) is 0 Å². The van der Waals surface area contributed by atoms with Crippen LogP contribution in [0.25, 0.3) is 66.1 Å². The first-order valence-corrected chi connectivity index (χ1v) is 20.5. The number of rotatable bonds is 11. The maximum Gasteiger partial charge on any atom is 0.0701 e. The Labute approximate surface area is 353 Å². The zero-order chi connectivity index (χ0) is 41.5. The van der Waals surface area contributed by atoms with Crippen molar-refractivity contribution in [2.75, 3.05) is 0 Å². The van der Waals surface area contributed by atoms with Crippen LogP contribution >= 0.6 is 0 Å². The fraction of sp³-hybridized carbons (Fsp3) is 0.0893. The minimum absolute atomic E-state index is 0.102. The second-order valence-corrected chi connectivity index (χ2v) is 15.8. The molecule has 8 aromatic rings. The zero-order valence-corrected chi connectivity index (χ0v) is 34.7. The highest BCUT2D eigenvalue weighted by molar-refractivity contribution is 6.13. The first-order chi connectivity index (χ1) is 29.4. The fourth-order valence-corrected chi connectivity index (χ4v) is 7.85. The van der Waals surface area contributed by atoms with Crippen molar-refractivity contribution in [3.05, 3.63) is 230 Å². The number of para-hydroxylation sites is 2. The SMILES string of the molecule is C/C=C/C=C\C=C/N=C(/C=C/C=C/C=C\C=C/N)c1ccc(-n2c3ccccc3c3cc(-c4ccc5c(c4)c4ccccc4n5-c4ccc(C(C)(C)C)cc4)ccc32)cc1. The molecule has 2 heterocycles. The van der Waals surface area contributed by atoms with Crippen LogP contribution in [0, 0.1) is 0 Å². The van der Waals surface area contributed by atoms with E-state index < -0.39 is 0 Å². The van der Waals surface area contributed by atoms with Crippen molar-refractivity contribution < 1.29 is 0 Å². The van der Waals surface area contributed by atoms with E-state index in [0.29, 0.717) is 0 Å². The van der Waals surface area contributed by atoms with Crippen molar-refractivity contribution >= 4 is 49.3 Å². The fourth-order valence-electron chi connectivity index (χ4n) is 7.85. The molecule has 0 aliphatic carbocycles. The molecule has 0 bridgehead atoms. The van der Waals surface area contributed by atoms with Gasteiger partial charge >= 0.3 is 0 Å². The van der Waals surface area contributed by atoms with E-state index in [0.717, 1.165) is 22.5 Å². The normalized spacial score (nSPS) is 13.4. The molecule has 0 saturated carbocycles. The van der Waals surface area contributed by atoms with Crippen LogP contribution in [0.5, 0.6) is 0 Å². The molecule has 0 aliphatic heterocycles. The lowest BCUT2D eigenvalue weighted by molar-refractivity contribution is 0.590. The van der Waals surface area contributed by atoms with Crippen molar-refractivity contribution in [2.24, 2.45) is 10.7 Å². The number of fused-ring (bicyclic) bond motifs is 6. The molecular formula is C56H50N4. The number of aromatic nitrogens is 2. The lowest BCUT2D eigenvalue weighted by Gasteiger charge is -2.19. The van der Waals surface area contributed by atoms with Gasteiger partial charge in [0, 0.05) is 44.7 Å². The number of nitrogens with two attached hydrogens (primary N) is 1. The first-order valence-electron chi connectivity index (χ1n) is 20.5. The van der Waals surface area contributed by atoms with Crippen molar-refractivity contribution in [1.29, 1.82) is 0 Å². The van der Waals surface area contributed by atoms with Gasteiger partial charge in [-0.2, -0.15) is 0 Å². The summed E-state index contributed by atoms with van der Waals surface area (Å²) in [7, 11) is 0. The van der Waals surface area contributed by atoms with Gasteiger partial charge in [-0.3, -0.25) is 4.99 Å². The molecule has 4 heteroatoms. The van der Waals surface area contributed by atoms with Crippen molar-refractivity contribution in [3.8, 4) is 22.5 Å². The molecule has 0 fully saturated rings. The van der Waals surface area contributed by atoms with E-state index in [-0.39, 0.29) is 5.41 Å². The molecule has 4 nitrogen and oxygen atoms in total. The molecule has 60 heavy (non-hydrogen) atoms. The van der Waals surface area contributed by atoms with Crippen LogP contribution < -0.4 is 5.73 Å². The molecule has 0 spiro atoms. The van der Waals surface area contributed by atoms with Gasteiger partial charge in [0.1, 0.15) is 0 Å². The second-order valence-electron chi connectivity index (χ2n) is 15.8. The third-order valence-corrected chi connectivity index (χ3v) is 10.8. The highest BCUT2D eigenvalue weighted by atomic mass is 15.0. The van der Waals surface area contributed by atoms with Crippen LogP contribution in [0.1, 0.15) is 38.8 Å². The Morgan fingerprint density at radius 2 is 0.983 bits per heavy atom. The molecule has 0 atom stereocenters. The van der Waals surface area contributed by atoms with Gasteiger partial charge in [-0.25, -0.2) is 0 Å². The quantitative estimate of drug-likeness (QED) is 0.103. The van der Waals surface area contributed by atoms with E-state index in [1.54, 1.807) is 6.08 Å². The molecule has 6 aromatic carbocycles. The number of benzene rings is 6. The summed E-state index contributed by atoms with van der Waals surface area (Å²) in [6.07, 6.45) is 26.8. The van der Waals surface area contributed by atoms with Gasteiger partial charge in [0.25, 0.3) is 0 Å². The van der Waals surface area contributed by atoms with Gasteiger partial charge in [-0.1, -0.05) is 148 Å². The van der Waals surface area contributed by atoms with E-state index in [4.69, 9.17) is 10.7 Å². The predicted molar refractivity (Wildman–Crippen MR) is 260 cm³/mol. The Hall–Kier alpha value is -7.43. The van der Waals surface area contributed by atoms with Crippen LogP contribution in [0.3, 0.4) is 0 Å². The summed E-state index contributed by atoms with van der Waals surface area (Å²) in [5, 5.41) is 4.94. The second kappa shape index (κ2) is 17.6. The van der Waals surface area contributed by atoms with Crippen molar-refractivity contribution in [2.45, 2.75) is 33.1 Å². The Bertz CT molecular complexity index is 3050. The Balaban J connectivity index is 1.16. The Morgan fingerprint density at radius 1 is 0.500 bits per heavy atom. The van der Waals surface area contributed by atoms with Gasteiger partial charge in [0.15, 0.2) is 0 Å². The molecule has 294 valence electrons. The highest BCUT2D eigenvalue weighted by Crippen LogP contribution is 2.38. The maximum atomic E-state index is 5.43. The van der Waals surface area contributed by atoms with E-state index in [1.807, 2.05) is 80.0 Å². The molecule has 0 aliphatic rings. The average Bonchev–Trinajstić information content (AvgIpc) is 3.78. The van der Waals surface area contributed by atoms with Crippen molar-refractivity contribution in [1.82, 2.24) is 9.13 Å². The third-order valence-electron chi connectivity index (χ3n) is 10.8. The van der Waals surface area contributed by atoms with Gasteiger partial charge in [0.2, 0.25) is 0 Å². The number of hydrogen-bond acceptors (Lipinski definition) is 2. The van der Waals surface area contributed by atoms with Gasteiger partial charge in [-0.05, 0) is 114 Å². The number of allylic oxidation sites excluding steroid dienone is 12. The first kappa shape index (κ1) is 39.4. The molecule has 8 rings (SSSR count). The average molecular weight is 779 g/mol. The van der Waals surface area contributed by atoms with Gasteiger partial charge < -0.3 is 14.9 Å². The molecule has 0 amide bonds. The number of hydrogen-bond donors (Lipinski definition) is 1. The number of nitrogens with zero attached hydrogens (tertiary/aromatic N) is 3. The molecule has 0 unspecified atom stereocenters. The molecule has 0 saturated heterocycles. The minimum Gasteiger partial charge on any atom is -0.405 e. The number of aliphatic imine (C=N–C) groups is 1. The van der Waals surface area contributed by atoms with Crippen LogP contribution in [0.2, 0.25) is 0 Å². The van der Waals surface area contributed by atoms with E-state index in [1.165, 1.54) is 66.7 Å². The van der Waals surface area contributed by atoms with Crippen LogP contribution in [0.4, 0.5) is 0 Å². The lowest BCUT2D eigenvalue weighted by Crippen LogP contribution is -2.10. The largest absolute Gasteiger partial charge is 0.405 e. The Kier molecular flexibility index (Phi) is 11.6. The van der Waals surface area contributed by atoms with Crippen LogP contribution in [0.15, 0.2) is 224 Å². The smallest absolute Gasteiger partial charge is 0.0701 e. The van der Waals surface area contributed by atoms with Crippen LogP contribution in [-0.2, 0) is 5.41 Å². The Morgan fingerprint density at radius 3 is 1.53 bits per heavy atom. The summed E-state index contributed by atoms with van der Waals surface area (Å²) in [6, 6.07) is 49.0. The summed E-state index contributed by atoms with van der Waals surface area (Å²) in [4.78, 5) is 4.82. The van der Waals surface area contributed by atoms with E-state index >= 15 is 0 Å². The molecule has 0 radical (unpaired) electrons. The summed E-state index contributed by atoms with van der Waals surface area (Å²) in [5.74, 6) is 0.